The van der Waals surface area contributed by atoms with Gasteiger partial charge in [-0.05, 0) is 18.1 Å². The number of ether oxygens (including phenoxy) is 1. The molecular formula is C24H28N4O3. The van der Waals surface area contributed by atoms with E-state index in [9.17, 15) is 9.59 Å². The molecule has 0 spiro atoms. The average molecular weight is 421 g/mol. The maximum atomic E-state index is 12.9. The lowest BCUT2D eigenvalue weighted by Gasteiger charge is -2.39. The van der Waals surface area contributed by atoms with Crippen LogP contribution >= 0.6 is 0 Å². The lowest BCUT2D eigenvalue weighted by molar-refractivity contribution is -0.153. The molecule has 2 aromatic carbocycles. The van der Waals surface area contributed by atoms with E-state index < -0.39 is 17.9 Å². The van der Waals surface area contributed by atoms with E-state index in [1.54, 1.807) is 6.92 Å². The molecule has 0 bridgehead atoms. The van der Waals surface area contributed by atoms with Gasteiger partial charge < -0.3 is 9.64 Å². The second kappa shape index (κ2) is 9.75. The van der Waals surface area contributed by atoms with Crippen LogP contribution in [-0.4, -0.2) is 60.4 Å². The first kappa shape index (κ1) is 21.1. The van der Waals surface area contributed by atoms with Gasteiger partial charge in [-0.2, -0.15) is 0 Å². The van der Waals surface area contributed by atoms with Crippen molar-refractivity contribution < 1.29 is 14.3 Å². The van der Waals surface area contributed by atoms with Gasteiger partial charge in [-0.1, -0.05) is 60.7 Å². The molecule has 2 heterocycles. The number of benzene rings is 2. The molecule has 1 fully saturated rings. The number of guanidine groups is 1. The summed E-state index contributed by atoms with van der Waals surface area (Å²) < 4.78 is 5.17. The molecule has 31 heavy (non-hydrogen) atoms. The minimum Gasteiger partial charge on any atom is -0.465 e. The number of esters is 1. The average Bonchev–Trinajstić information content (AvgIpc) is 2.80. The number of nitrogens with one attached hydrogen (secondary N) is 1. The molecule has 0 aliphatic carbocycles. The van der Waals surface area contributed by atoms with Crippen LogP contribution in [0.4, 0.5) is 0 Å². The van der Waals surface area contributed by atoms with Crippen molar-refractivity contribution in [2.45, 2.75) is 19.5 Å². The number of hydrogen-bond acceptors (Lipinski definition) is 6. The third-order valence-electron chi connectivity index (χ3n) is 5.70. The Hall–Kier alpha value is -3.19. The van der Waals surface area contributed by atoms with E-state index in [0.29, 0.717) is 5.96 Å². The Bertz CT molecular complexity index is 924. The van der Waals surface area contributed by atoms with Crippen LogP contribution in [0.2, 0.25) is 0 Å². The number of aliphatic imine (C=N–C) groups is 1. The molecule has 7 nitrogen and oxygen atoms in total. The summed E-state index contributed by atoms with van der Waals surface area (Å²) in [6, 6.07) is 19.3. The summed E-state index contributed by atoms with van der Waals surface area (Å²) >= 11 is 0. The van der Waals surface area contributed by atoms with Gasteiger partial charge in [-0.15, -0.1) is 0 Å². The second-order valence-electron chi connectivity index (χ2n) is 7.78. The Balaban J connectivity index is 1.49. The number of rotatable bonds is 5. The van der Waals surface area contributed by atoms with E-state index in [1.165, 1.54) is 5.56 Å². The molecule has 0 saturated carbocycles. The summed E-state index contributed by atoms with van der Waals surface area (Å²) in [5.74, 6) is -1.34. The van der Waals surface area contributed by atoms with Gasteiger partial charge >= 0.3 is 5.97 Å². The highest BCUT2D eigenvalue weighted by Crippen LogP contribution is 2.30. The van der Waals surface area contributed by atoms with Gasteiger partial charge in [0.25, 0.3) is 0 Å². The van der Waals surface area contributed by atoms with E-state index in [-0.39, 0.29) is 12.5 Å². The van der Waals surface area contributed by atoms with Gasteiger partial charge in [0.2, 0.25) is 11.9 Å². The van der Waals surface area contributed by atoms with E-state index >= 15 is 0 Å². The summed E-state index contributed by atoms with van der Waals surface area (Å²) in [7, 11) is 0. The van der Waals surface area contributed by atoms with E-state index in [1.807, 2.05) is 36.4 Å². The third-order valence-corrected chi connectivity index (χ3v) is 5.70. The molecule has 0 unspecified atom stereocenters. The van der Waals surface area contributed by atoms with Crippen LogP contribution in [0.3, 0.4) is 0 Å². The summed E-state index contributed by atoms with van der Waals surface area (Å²) in [6.45, 7) is 6.15. The zero-order valence-electron chi connectivity index (χ0n) is 17.7. The lowest BCUT2D eigenvalue weighted by atomic mass is 9.91. The first-order valence-corrected chi connectivity index (χ1v) is 10.8. The highest BCUT2D eigenvalue weighted by atomic mass is 16.5. The van der Waals surface area contributed by atoms with Crippen LogP contribution < -0.4 is 5.32 Å². The largest absolute Gasteiger partial charge is 0.465 e. The number of nitrogens with zero attached hydrogens (tertiary/aromatic N) is 3. The molecule has 0 aromatic heterocycles. The molecular weight excluding hydrogens is 392 g/mol. The number of carbonyl (C=O) groups excluding carboxylic acids is 2. The van der Waals surface area contributed by atoms with Crippen LogP contribution in [-0.2, 0) is 20.9 Å². The van der Waals surface area contributed by atoms with Crippen LogP contribution in [0.1, 0.15) is 24.1 Å². The van der Waals surface area contributed by atoms with Gasteiger partial charge in [0, 0.05) is 32.7 Å². The van der Waals surface area contributed by atoms with Crippen LogP contribution in [0.15, 0.2) is 65.7 Å². The van der Waals surface area contributed by atoms with Gasteiger partial charge in [0.15, 0.2) is 5.92 Å². The number of amides is 1. The van der Waals surface area contributed by atoms with E-state index in [4.69, 9.17) is 9.73 Å². The molecule has 0 radical (unpaired) electrons. The summed E-state index contributed by atoms with van der Waals surface area (Å²) in [4.78, 5) is 34.7. The highest BCUT2D eigenvalue weighted by Gasteiger charge is 2.42. The maximum absolute atomic E-state index is 12.9. The molecule has 1 saturated heterocycles. The fraction of sp³-hybridized carbons (Fsp3) is 0.375. The molecule has 2 aliphatic rings. The Morgan fingerprint density at radius 3 is 2.32 bits per heavy atom. The second-order valence-corrected chi connectivity index (χ2v) is 7.78. The predicted molar refractivity (Wildman–Crippen MR) is 118 cm³/mol. The zero-order valence-corrected chi connectivity index (χ0v) is 17.7. The standard InChI is InChI=1S/C24H28N4O3/c1-2-31-23(30)20-21(19-11-7-4-8-12-19)25-24(26-22(20)29)28-15-13-27(14-16-28)17-18-9-5-3-6-10-18/h3-12,20-21H,2,13-17H2,1H3,(H,25,26,29)/t20-,21+/m0/s1. The number of piperazine rings is 1. The Morgan fingerprint density at radius 2 is 1.68 bits per heavy atom. The fourth-order valence-corrected chi connectivity index (χ4v) is 4.08. The SMILES string of the molecule is CCOC(=O)[C@@H]1C(=O)NC(N2CCN(Cc3ccccc3)CC2)=N[C@@H]1c1ccccc1. The van der Waals surface area contributed by atoms with Crippen molar-refractivity contribution >= 4 is 17.8 Å². The lowest BCUT2D eigenvalue weighted by Crippen LogP contribution is -2.57. The molecule has 7 heteroatoms. The van der Waals surface area contributed by atoms with Crippen LogP contribution in [0.5, 0.6) is 0 Å². The zero-order chi connectivity index (χ0) is 21.6. The van der Waals surface area contributed by atoms with Gasteiger partial charge in [0.1, 0.15) is 6.04 Å². The van der Waals surface area contributed by atoms with Crippen LogP contribution in [0.25, 0.3) is 0 Å². The normalized spacial score (nSPS) is 21.9. The summed E-state index contributed by atoms with van der Waals surface area (Å²) in [5.41, 5.74) is 2.12. The first-order chi connectivity index (χ1) is 15.2. The van der Waals surface area contributed by atoms with E-state index in [2.05, 4.69) is 39.4 Å². The minimum absolute atomic E-state index is 0.226. The van der Waals surface area contributed by atoms with Crippen molar-refractivity contribution in [3.05, 3.63) is 71.8 Å². The van der Waals surface area contributed by atoms with Crippen molar-refractivity contribution in [3.63, 3.8) is 0 Å². The molecule has 2 atom stereocenters. The summed E-state index contributed by atoms with van der Waals surface area (Å²) in [6.07, 6.45) is 0. The molecule has 162 valence electrons. The highest BCUT2D eigenvalue weighted by molar-refractivity contribution is 6.08. The minimum atomic E-state index is -0.981. The molecule has 1 amide bonds. The molecule has 4 rings (SSSR count). The van der Waals surface area contributed by atoms with Crippen molar-refractivity contribution in [2.75, 3.05) is 32.8 Å². The molecule has 1 N–H and O–H groups in total. The monoisotopic (exact) mass is 420 g/mol. The fourth-order valence-electron chi connectivity index (χ4n) is 4.08. The van der Waals surface area contributed by atoms with Crippen LogP contribution in [0, 0.1) is 5.92 Å². The van der Waals surface area contributed by atoms with Gasteiger partial charge in [0.05, 0.1) is 6.61 Å². The Kier molecular flexibility index (Phi) is 6.62. The third kappa shape index (κ3) is 4.94. The molecule has 2 aliphatic heterocycles. The van der Waals surface area contributed by atoms with E-state index in [0.717, 1.165) is 38.3 Å². The van der Waals surface area contributed by atoms with Gasteiger partial charge in [-0.25, -0.2) is 4.99 Å². The smallest absolute Gasteiger partial charge is 0.321 e. The first-order valence-electron chi connectivity index (χ1n) is 10.8. The number of hydrogen-bond donors (Lipinski definition) is 1. The predicted octanol–water partition coefficient (Wildman–Crippen LogP) is 2.21. The topological polar surface area (TPSA) is 74.2 Å². The molecule has 2 aromatic rings. The number of carbonyl (C=O) groups is 2. The van der Waals surface area contributed by atoms with Crippen molar-refractivity contribution in [1.82, 2.24) is 15.1 Å². The maximum Gasteiger partial charge on any atom is 0.321 e. The quantitative estimate of drug-likeness (QED) is 0.593. The summed E-state index contributed by atoms with van der Waals surface area (Å²) in [5, 5.41) is 2.86. The Morgan fingerprint density at radius 1 is 1.03 bits per heavy atom. The van der Waals surface area contributed by atoms with Crippen molar-refractivity contribution in [3.8, 4) is 0 Å². The van der Waals surface area contributed by atoms with Gasteiger partial charge in [-0.3, -0.25) is 19.8 Å². The van der Waals surface area contributed by atoms with Crippen molar-refractivity contribution in [1.29, 1.82) is 0 Å². The van der Waals surface area contributed by atoms with Crippen molar-refractivity contribution in [2.24, 2.45) is 10.9 Å². The Labute approximate surface area is 182 Å².